The maximum Gasteiger partial charge on any atom is 0.321 e. The number of hydrogen-bond donors (Lipinski definition) is 6. The molecular formula is C36H53N9O7S. The number of fused-ring (bicyclic) bond motifs is 1. The topological polar surface area (TPSA) is 231 Å². The molecule has 2 aromatic heterocycles. The first kappa shape index (κ1) is 41.3. The summed E-state index contributed by atoms with van der Waals surface area (Å²) in [5.74, 6) is -2.04. The number of aliphatic carboxylic acids is 2. The largest absolute Gasteiger partial charge is 0.480 e. The van der Waals surface area contributed by atoms with Crippen molar-refractivity contribution in [3.8, 4) is 0 Å². The number of piperazine rings is 1. The first-order valence-electron chi connectivity index (χ1n) is 18.1. The highest BCUT2D eigenvalue weighted by Crippen LogP contribution is 2.25. The Hall–Kier alpha value is -4.45. The molecule has 1 aromatic carbocycles. The second-order valence-corrected chi connectivity index (χ2v) is 14.4. The van der Waals surface area contributed by atoms with Gasteiger partial charge in [0.05, 0.1) is 25.2 Å². The third kappa shape index (κ3) is 12.9. The number of nitrogens with two attached hydrogens (primary N) is 2. The van der Waals surface area contributed by atoms with Gasteiger partial charge in [-0.05, 0) is 36.1 Å². The molecule has 8 N–H and O–H groups in total. The number of hydrogen-bond acceptors (Lipinski definition) is 12. The highest BCUT2D eigenvalue weighted by molar-refractivity contribution is 8.00. The van der Waals surface area contributed by atoms with E-state index in [4.69, 9.17) is 21.3 Å². The molecule has 53 heavy (non-hydrogen) atoms. The van der Waals surface area contributed by atoms with Crippen molar-refractivity contribution in [1.29, 1.82) is 0 Å². The first-order chi connectivity index (χ1) is 25.4. The summed E-state index contributed by atoms with van der Waals surface area (Å²) in [6, 6.07) is 7.35. The normalized spacial score (nSPS) is 14.6. The highest BCUT2D eigenvalue weighted by Gasteiger charge is 2.25. The Bertz CT molecular complexity index is 1700. The molecule has 1 saturated heterocycles. The van der Waals surface area contributed by atoms with Crippen LogP contribution in [0.4, 0.5) is 11.8 Å². The number of carboxylic acids is 2. The molecule has 4 rings (SSSR count). The molecule has 3 heterocycles. The SMILES string of the molecule is CCCCCNc1nc(N)nc2ccn(Cc3ccc(CN4CCN(C(=O)CCOCCNC(=O)C[C@H](SC[C@H](N)C(=O)O)C(=O)O)CC4)cc3C)c12. The van der Waals surface area contributed by atoms with Gasteiger partial charge >= 0.3 is 11.9 Å². The van der Waals surface area contributed by atoms with E-state index in [0.717, 1.165) is 74.1 Å². The minimum atomic E-state index is -1.24. The lowest BCUT2D eigenvalue weighted by atomic mass is 10.0. The fraction of sp³-hybridized carbons (Fsp3) is 0.556. The van der Waals surface area contributed by atoms with Gasteiger partial charge in [-0.1, -0.05) is 38.0 Å². The number of thioether (sulfide) groups is 1. The monoisotopic (exact) mass is 755 g/mol. The summed E-state index contributed by atoms with van der Waals surface area (Å²) < 4.78 is 7.69. The van der Waals surface area contributed by atoms with Crippen LogP contribution in [0.3, 0.4) is 0 Å². The van der Waals surface area contributed by atoms with E-state index in [0.29, 0.717) is 19.6 Å². The molecule has 0 unspecified atom stereocenters. The van der Waals surface area contributed by atoms with Crippen LogP contribution in [-0.2, 0) is 37.0 Å². The van der Waals surface area contributed by atoms with Gasteiger partial charge in [0.15, 0.2) is 5.82 Å². The maximum atomic E-state index is 12.8. The number of benzene rings is 1. The molecule has 0 bridgehead atoms. The zero-order valence-corrected chi connectivity index (χ0v) is 31.4. The lowest BCUT2D eigenvalue weighted by Gasteiger charge is -2.35. The van der Waals surface area contributed by atoms with Gasteiger partial charge in [-0.25, -0.2) is 4.98 Å². The van der Waals surface area contributed by atoms with Crippen molar-refractivity contribution in [3.63, 3.8) is 0 Å². The number of aromatic nitrogens is 3. The molecular weight excluding hydrogens is 703 g/mol. The van der Waals surface area contributed by atoms with Gasteiger partial charge in [-0.2, -0.15) is 4.98 Å². The predicted octanol–water partition coefficient (Wildman–Crippen LogP) is 2.13. The molecule has 16 nitrogen and oxygen atoms in total. The number of nitrogens with one attached hydrogen (secondary N) is 2. The molecule has 2 atom stereocenters. The standard InChI is InChI=1S/C36H53N9O7S/c1-3-4-5-10-40-33-32-28(41-36(38)42-33)8-12-45(32)22-26-7-6-25(19-24(26)2)21-43-13-15-44(16-14-43)31(47)9-17-52-18-11-39-30(46)20-29(35(50)51)53-23-27(37)34(48)49/h6-8,12,19,27,29H,3-5,9-11,13-18,20-23,37H2,1-2H3,(H,39,46)(H,48,49)(H,50,51)(H3,38,40,41,42)/t27-,29-/m0/s1. The highest BCUT2D eigenvalue weighted by atomic mass is 32.2. The Kier molecular flexibility index (Phi) is 16.1. The molecule has 3 aromatic rings. The van der Waals surface area contributed by atoms with Crippen LogP contribution in [0.2, 0.25) is 0 Å². The van der Waals surface area contributed by atoms with Crippen LogP contribution >= 0.6 is 11.8 Å². The van der Waals surface area contributed by atoms with E-state index in [-0.39, 0.29) is 50.2 Å². The van der Waals surface area contributed by atoms with E-state index in [1.54, 1.807) is 0 Å². The molecule has 0 aliphatic carbocycles. The lowest BCUT2D eigenvalue weighted by Crippen LogP contribution is -2.48. The number of carboxylic acid groups (broad SMARTS) is 2. The lowest BCUT2D eigenvalue weighted by molar-refractivity contribution is -0.139. The average molecular weight is 756 g/mol. The van der Waals surface area contributed by atoms with Crippen molar-refractivity contribution in [2.75, 3.05) is 69.3 Å². The minimum Gasteiger partial charge on any atom is -0.480 e. The summed E-state index contributed by atoms with van der Waals surface area (Å²) in [7, 11) is 0. The molecule has 1 aliphatic rings. The summed E-state index contributed by atoms with van der Waals surface area (Å²) in [6.45, 7) is 9.96. The number of anilines is 2. The van der Waals surface area contributed by atoms with E-state index >= 15 is 0 Å². The number of rotatable bonds is 22. The van der Waals surface area contributed by atoms with E-state index in [9.17, 15) is 24.3 Å². The predicted molar refractivity (Wildman–Crippen MR) is 205 cm³/mol. The fourth-order valence-corrected chi connectivity index (χ4v) is 7.02. The number of carbonyl (C=O) groups excluding carboxylic acids is 2. The second kappa shape index (κ2) is 20.7. The fourth-order valence-electron chi connectivity index (χ4n) is 6.02. The van der Waals surface area contributed by atoms with Gasteiger partial charge < -0.3 is 46.5 Å². The number of carbonyl (C=O) groups is 4. The van der Waals surface area contributed by atoms with Crippen molar-refractivity contribution in [1.82, 2.24) is 29.7 Å². The van der Waals surface area contributed by atoms with Gasteiger partial charge in [0.1, 0.15) is 16.8 Å². The van der Waals surface area contributed by atoms with E-state index < -0.39 is 29.1 Å². The van der Waals surface area contributed by atoms with Gasteiger partial charge in [0.2, 0.25) is 17.8 Å². The Morgan fingerprint density at radius 2 is 1.77 bits per heavy atom. The van der Waals surface area contributed by atoms with E-state index in [1.165, 1.54) is 16.7 Å². The van der Waals surface area contributed by atoms with E-state index in [2.05, 4.69) is 62.1 Å². The number of unbranched alkanes of at least 4 members (excludes halogenated alkanes) is 2. The molecule has 17 heteroatoms. The van der Waals surface area contributed by atoms with Crippen molar-refractivity contribution in [2.45, 2.75) is 70.3 Å². The second-order valence-electron chi connectivity index (χ2n) is 13.2. The summed E-state index contributed by atoms with van der Waals surface area (Å²) in [5, 5.41) is 23.1. The number of ether oxygens (including phenoxy) is 1. The minimum absolute atomic E-state index is 0.0136. The van der Waals surface area contributed by atoms with Crippen molar-refractivity contribution >= 4 is 58.3 Å². The van der Waals surface area contributed by atoms with Crippen LogP contribution in [0.15, 0.2) is 30.5 Å². The van der Waals surface area contributed by atoms with Crippen LogP contribution in [-0.4, -0.2) is 128 Å². The number of aryl methyl sites for hydroxylation is 1. The zero-order chi connectivity index (χ0) is 38.3. The van der Waals surface area contributed by atoms with Crippen LogP contribution in [0.25, 0.3) is 11.0 Å². The summed E-state index contributed by atoms with van der Waals surface area (Å²) in [6.07, 6.45) is 5.30. The van der Waals surface area contributed by atoms with Crippen LogP contribution < -0.4 is 22.1 Å². The molecule has 2 amide bonds. The third-order valence-electron chi connectivity index (χ3n) is 9.05. The van der Waals surface area contributed by atoms with Crippen molar-refractivity contribution in [2.24, 2.45) is 5.73 Å². The van der Waals surface area contributed by atoms with Gasteiger partial charge in [0, 0.05) is 70.7 Å². The molecule has 0 saturated carbocycles. The molecule has 0 spiro atoms. The van der Waals surface area contributed by atoms with Crippen LogP contribution in [0, 0.1) is 6.92 Å². The summed E-state index contributed by atoms with van der Waals surface area (Å²) in [4.78, 5) is 60.3. The zero-order valence-electron chi connectivity index (χ0n) is 30.6. The first-order valence-corrected chi connectivity index (χ1v) is 19.1. The Labute approximate surface area is 314 Å². The van der Waals surface area contributed by atoms with Crippen LogP contribution in [0.1, 0.15) is 55.7 Å². The van der Waals surface area contributed by atoms with Gasteiger partial charge in [-0.3, -0.25) is 24.1 Å². The number of nitrogens with zero attached hydrogens (tertiary/aromatic N) is 5. The van der Waals surface area contributed by atoms with Gasteiger partial charge in [-0.15, -0.1) is 11.8 Å². The van der Waals surface area contributed by atoms with Crippen LogP contribution in [0.5, 0.6) is 0 Å². The van der Waals surface area contributed by atoms with E-state index in [1.807, 2.05) is 17.2 Å². The molecule has 1 fully saturated rings. The van der Waals surface area contributed by atoms with Crippen molar-refractivity contribution in [3.05, 3.63) is 47.2 Å². The number of nitrogen functional groups attached to an aromatic ring is 1. The third-order valence-corrected chi connectivity index (χ3v) is 10.4. The summed E-state index contributed by atoms with van der Waals surface area (Å²) in [5.41, 5.74) is 16.8. The maximum absolute atomic E-state index is 12.8. The van der Waals surface area contributed by atoms with Gasteiger partial charge in [0.25, 0.3) is 0 Å². The quantitative estimate of drug-likeness (QED) is 0.0808. The molecule has 290 valence electrons. The Balaban J connectivity index is 1.15. The average Bonchev–Trinajstić information content (AvgIpc) is 3.53. The Morgan fingerprint density at radius 3 is 2.47 bits per heavy atom. The molecule has 0 radical (unpaired) electrons. The number of amides is 2. The summed E-state index contributed by atoms with van der Waals surface area (Å²) >= 11 is 0.812. The Morgan fingerprint density at radius 1 is 1.00 bits per heavy atom. The molecule has 1 aliphatic heterocycles. The smallest absolute Gasteiger partial charge is 0.321 e. The van der Waals surface area contributed by atoms with Crippen molar-refractivity contribution < 1.29 is 34.1 Å².